The molecular weight excluding hydrogens is 539 g/mol. The van der Waals surface area contributed by atoms with Crippen molar-refractivity contribution in [1.82, 2.24) is 4.98 Å². The molecule has 0 aliphatic heterocycles. The van der Waals surface area contributed by atoms with Crippen molar-refractivity contribution in [3.8, 4) is 22.1 Å². The minimum Gasteiger partial charge on any atom is -0.480 e. The van der Waals surface area contributed by atoms with Gasteiger partial charge in [-0.25, -0.2) is 9.78 Å². The predicted octanol–water partition coefficient (Wildman–Crippen LogP) is 8.33. The fourth-order valence-electron chi connectivity index (χ4n) is 4.04. The molecule has 4 aromatic rings. The third kappa shape index (κ3) is 6.65. The quantitative estimate of drug-likeness (QED) is 0.190. The Kier molecular flexibility index (Phi) is 8.54. The summed E-state index contributed by atoms with van der Waals surface area (Å²) < 4.78 is 56.7. The van der Waals surface area contributed by atoms with E-state index < -0.39 is 29.4 Å². The van der Waals surface area contributed by atoms with Crippen molar-refractivity contribution in [2.24, 2.45) is 0 Å². The Morgan fingerprint density at radius 3 is 2.25 bits per heavy atom. The molecule has 0 aliphatic carbocycles. The highest BCUT2D eigenvalue weighted by Gasteiger charge is 2.32. The lowest BCUT2D eigenvalue weighted by Gasteiger charge is -2.25. The maximum absolute atomic E-state index is 13.0. The highest BCUT2D eigenvalue weighted by atomic mass is 32.1. The zero-order chi connectivity index (χ0) is 29.1. The summed E-state index contributed by atoms with van der Waals surface area (Å²) in [6, 6.07) is 20.0. The number of rotatable bonds is 9. The second kappa shape index (κ2) is 11.7. The number of esters is 1. The number of carbonyl (C=O) groups is 1. The lowest BCUT2D eigenvalue weighted by atomic mass is 10.1. The predicted molar refractivity (Wildman–Crippen MR) is 149 cm³/mol. The number of hydrogen-bond donors (Lipinski definition) is 0. The van der Waals surface area contributed by atoms with Gasteiger partial charge in [-0.1, -0.05) is 42.5 Å². The van der Waals surface area contributed by atoms with Crippen molar-refractivity contribution >= 4 is 17.3 Å². The molecule has 4 rings (SSSR count). The molecule has 0 radical (unpaired) electrons. The zero-order valence-electron chi connectivity index (χ0n) is 22.8. The SMILES string of the molecule is CCOC(=O)C(C)(C)Oc1ccc(OC(c2ccccc2)c2sc(-c3ccc(C(F)(F)F)cc3)nc2C)cc1C. The highest BCUT2D eigenvalue weighted by molar-refractivity contribution is 7.15. The van der Waals surface area contributed by atoms with Gasteiger partial charge in [0, 0.05) is 5.56 Å². The van der Waals surface area contributed by atoms with Gasteiger partial charge in [0.2, 0.25) is 0 Å². The molecule has 3 aromatic carbocycles. The fraction of sp³-hybridized carbons (Fsp3) is 0.290. The van der Waals surface area contributed by atoms with E-state index in [-0.39, 0.29) is 6.61 Å². The molecule has 1 heterocycles. The molecule has 1 atom stereocenters. The number of nitrogens with zero attached hydrogens (tertiary/aromatic N) is 1. The molecule has 0 spiro atoms. The van der Waals surface area contributed by atoms with Crippen LogP contribution in [0.4, 0.5) is 13.2 Å². The molecule has 0 aliphatic rings. The second-order valence-electron chi connectivity index (χ2n) is 9.71. The van der Waals surface area contributed by atoms with Crippen molar-refractivity contribution in [2.75, 3.05) is 6.61 Å². The van der Waals surface area contributed by atoms with Gasteiger partial charge in [0.25, 0.3) is 0 Å². The van der Waals surface area contributed by atoms with Gasteiger partial charge < -0.3 is 14.2 Å². The van der Waals surface area contributed by atoms with E-state index in [9.17, 15) is 18.0 Å². The number of alkyl halides is 3. The molecule has 0 saturated carbocycles. The van der Waals surface area contributed by atoms with Crippen LogP contribution in [0.15, 0.2) is 72.8 Å². The first kappa shape index (κ1) is 29.1. The van der Waals surface area contributed by atoms with Crippen LogP contribution in [0.1, 0.15) is 54.1 Å². The Bertz CT molecular complexity index is 1460. The van der Waals surface area contributed by atoms with Crippen LogP contribution in [0, 0.1) is 13.8 Å². The summed E-state index contributed by atoms with van der Waals surface area (Å²) in [5, 5.41) is 0.604. The van der Waals surface area contributed by atoms with Gasteiger partial charge in [-0.3, -0.25) is 0 Å². The molecule has 9 heteroatoms. The Labute approximate surface area is 235 Å². The minimum atomic E-state index is -4.40. The molecule has 40 heavy (non-hydrogen) atoms. The lowest BCUT2D eigenvalue weighted by Crippen LogP contribution is -2.39. The first-order valence-electron chi connectivity index (χ1n) is 12.7. The van der Waals surface area contributed by atoms with Crippen LogP contribution >= 0.6 is 11.3 Å². The number of thiazole rings is 1. The van der Waals surface area contributed by atoms with Gasteiger partial charge in [-0.05, 0) is 76.1 Å². The van der Waals surface area contributed by atoms with Crippen LogP contribution < -0.4 is 9.47 Å². The molecule has 0 fully saturated rings. The number of halogens is 3. The molecule has 0 saturated heterocycles. The molecule has 0 amide bonds. The standard InChI is InChI=1S/C31H30F3NO4S/c1-6-37-29(36)30(4,5)39-25-17-16-24(18-19(25)2)38-26(21-10-8-7-9-11-21)27-20(3)35-28(40-27)22-12-14-23(15-13-22)31(32,33)34/h7-18,26H,6H2,1-5H3. The number of aryl methyl sites for hydroxylation is 2. The second-order valence-corrected chi connectivity index (χ2v) is 10.7. The molecule has 1 unspecified atom stereocenters. The zero-order valence-corrected chi connectivity index (χ0v) is 23.7. The number of ether oxygens (including phenoxy) is 3. The number of carbonyl (C=O) groups excluding carboxylic acids is 1. The van der Waals surface area contributed by atoms with Crippen molar-refractivity contribution in [3.05, 3.63) is 100 Å². The average Bonchev–Trinajstić information content (AvgIpc) is 3.30. The van der Waals surface area contributed by atoms with Gasteiger partial charge in [0.1, 0.15) is 16.5 Å². The van der Waals surface area contributed by atoms with Crippen molar-refractivity contribution < 1.29 is 32.2 Å². The van der Waals surface area contributed by atoms with Gasteiger partial charge >= 0.3 is 12.1 Å². The van der Waals surface area contributed by atoms with E-state index in [1.807, 2.05) is 50.2 Å². The fourth-order valence-corrected chi connectivity index (χ4v) is 5.17. The number of hydrogen-bond acceptors (Lipinski definition) is 6. The highest BCUT2D eigenvalue weighted by Crippen LogP contribution is 2.39. The van der Waals surface area contributed by atoms with E-state index >= 15 is 0 Å². The first-order valence-corrected chi connectivity index (χ1v) is 13.5. The van der Waals surface area contributed by atoms with Crippen molar-refractivity contribution in [2.45, 2.75) is 52.5 Å². The van der Waals surface area contributed by atoms with E-state index in [2.05, 4.69) is 4.98 Å². The Hall–Kier alpha value is -3.85. The minimum absolute atomic E-state index is 0.260. The maximum atomic E-state index is 13.0. The summed E-state index contributed by atoms with van der Waals surface area (Å²) in [5.74, 6) is 0.653. The largest absolute Gasteiger partial charge is 0.480 e. The Balaban J connectivity index is 1.63. The topological polar surface area (TPSA) is 57.7 Å². The smallest absolute Gasteiger partial charge is 0.416 e. The lowest BCUT2D eigenvalue weighted by molar-refractivity contribution is -0.158. The third-order valence-electron chi connectivity index (χ3n) is 6.16. The van der Waals surface area contributed by atoms with E-state index in [1.54, 1.807) is 32.9 Å². The normalized spacial score (nSPS) is 12.6. The molecule has 210 valence electrons. The van der Waals surface area contributed by atoms with E-state index in [4.69, 9.17) is 14.2 Å². The van der Waals surface area contributed by atoms with Crippen molar-refractivity contribution in [3.63, 3.8) is 0 Å². The Morgan fingerprint density at radius 1 is 0.975 bits per heavy atom. The summed E-state index contributed by atoms with van der Waals surface area (Å²) >= 11 is 1.38. The van der Waals surface area contributed by atoms with Crippen LogP contribution in [-0.2, 0) is 15.7 Å². The van der Waals surface area contributed by atoms with Crippen LogP contribution in [-0.4, -0.2) is 23.2 Å². The molecule has 1 aromatic heterocycles. The molecule has 5 nitrogen and oxygen atoms in total. The molecule has 0 N–H and O–H groups in total. The summed E-state index contributed by atoms with van der Waals surface area (Å²) in [7, 11) is 0. The van der Waals surface area contributed by atoms with Gasteiger partial charge in [0.05, 0.1) is 22.7 Å². The first-order chi connectivity index (χ1) is 18.9. The summed E-state index contributed by atoms with van der Waals surface area (Å²) in [6.07, 6.45) is -4.91. The van der Waals surface area contributed by atoms with Gasteiger partial charge in [-0.2, -0.15) is 13.2 Å². The van der Waals surface area contributed by atoms with Crippen LogP contribution in [0.3, 0.4) is 0 Å². The third-order valence-corrected chi connectivity index (χ3v) is 7.41. The van der Waals surface area contributed by atoms with E-state index in [1.165, 1.54) is 23.5 Å². The van der Waals surface area contributed by atoms with Gasteiger partial charge in [-0.15, -0.1) is 11.3 Å². The molecule has 0 bridgehead atoms. The van der Waals surface area contributed by atoms with E-state index in [0.717, 1.165) is 33.8 Å². The summed E-state index contributed by atoms with van der Waals surface area (Å²) in [5.41, 5.74) is 1.12. The molecular formula is C31H30F3NO4S. The number of aromatic nitrogens is 1. The number of benzene rings is 3. The van der Waals surface area contributed by atoms with Crippen LogP contribution in [0.5, 0.6) is 11.5 Å². The van der Waals surface area contributed by atoms with Crippen molar-refractivity contribution in [1.29, 1.82) is 0 Å². The summed E-state index contributed by atoms with van der Waals surface area (Å²) in [6.45, 7) is 9.03. The Morgan fingerprint density at radius 2 is 1.65 bits per heavy atom. The van der Waals surface area contributed by atoms with Crippen LogP contribution in [0.2, 0.25) is 0 Å². The monoisotopic (exact) mass is 569 g/mol. The summed E-state index contributed by atoms with van der Waals surface area (Å²) in [4.78, 5) is 17.8. The maximum Gasteiger partial charge on any atom is 0.416 e. The van der Waals surface area contributed by atoms with Gasteiger partial charge in [0.15, 0.2) is 11.7 Å². The van der Waals surface area contributed by atoms with E-state index in [0.29, 0.717) is 22.1 Å². The van der Waals surface area contributed by atoms with Crippen LogP contribution in [0.25, 0.3) is 10.6 Å². The average molecular weight is 570 g/mol.